The molecule has 0 N–H and O–H groups in total. The highest BCUT2D eigenvalue weighted by Gasteiger charge is 2.59. The van der Waals surface area contributed by atoms with Crippen LogP contribution in [0.2, 0.25) is 0 Å². The molecule has 0 aromatic rings. The van der Waals surface area contributed by atoms with E-state index in [9.17, 15) is 0 Å². The predicted octanol–water partition coefficient (Wildman–Crippen LogP) is 7.63. The van der Waals surface area contributed by atoms with Gasteiger partial charge in [0.25, 0.3) is 0 Å². The van der Waals surface area contributed by atoms with Crippen LogP contribution in [0.5, 0.6) is 0 Å². The van der Waals surface area contributed by atoms with Crippen molar-refractivity contribution >= 4 is 24.2 Å². The van der Waals surface area contributed by atoms with Gasteiger partial charge in [0, 0.05) is 0 Å². The Morgan fingerprint density at radius 1 is 1.20 bits per heavy atom. The van der Waals surface area contributed by atoms with Gasteiger partial charge < -0.3 is 0 Å². The van der Waals surface area contributed by atoms with E-state index in [1.54, 1.807) is 5.57 Å². The number of alkyl halides is 1. The highest BCUT2D eigenvalue weighted by Crippen LogP contribution is 2.67. The Morgan fingerprint density at radius 3 is 2.52 bits per heavy atom. The lowest BCUT2D eigenvalue weighted by Gasteiger charge is -2.63. The summed E-state index contributed by atoms with van der Waals surface area (Å²) in [6.07, 6.45) is 11.3. The van der Waals surface area contributed by atoms with Gasteiger partial charge in [-0.3, -0.25) is 0 Å². The van der Waals surface area contributed by atoms with E-state index in [1.165, 1.54) is 51.4 Å². The molecule has 3 unspecified atom stereocenters. The Kier molecular flexibility index (Phi) is 5.94. The van der Waals surface area contributed by atoms with Crippen molar-refractivity contribution in [2.45, 2.75) is 86.0 Å². The van der Waals surface area contributed by atoms with Crippen LogP contribution in [0.25, 0.3) is 0 Å². The molecule has 0 amide bonds. The molecule has 0 aromatic heterocycles. The summed E-state index contributed by atoms with van der Waals surface area (Å²) in [5.74, 6) is 4.35. The fourth-order valence-corrected chi connectivity index (χ4v) is 9.64. The molecule has 3 aliphatic rings. The molecule has 1 heteroatoms. The maximum atomic E-state index is 4.75. The van der Waals surface area contributed by atoms with E-state index in [4.69, 9.17) is 6.58 Å². The molecule has 0 radical (unpaired) electrons. The van der Waals surface area contributed by atoms with Gasteiger partial charge in [-0.15, -0.1) is 20.7 Å². The first-order valence-corrected chi connectivity index (χ1v) is 14.0. The van der Waals surface area contributed by atoms with Crippen LogP contribution in [0.15, 0.2) is 12.2 Å². The van der Waals surface area contributed by atoms with Gasteiger partial charge in [0.2, 0.25) is 0 Å². The molecular formula is C24H41I. The lowest BCUT2D eigenvalue weighted by Crippen LogP contribution is -2.55. The summed E-state index contributed by atoms with van der Waals surface area (Å²) in [7, 11) is 0. The van der Waals surface area contributed by atoms with E-state index >= 15 is 0 Å². The summed E-state index contributed by atoms with van der Waals surface area (Å²) >= 11 is 0.318. The molecule has 0 aliphatic heterocycles. The van der Waals surface area contributed by atoms with Gasteiger partial charge in [0.05, 0.1) is 0 Å². The van der Waals surface area contributed by atoms with Crippen molar-refractivity contribution in [1.29, 1.82) is 0 Å². The van der Waals surface area contributed by atoms with Crippen molar-refractivity contribution in [3.05, 3.63) is 12.2 Å². The molecule has 3 saturated carbocycles. The van der Waals surface area contributed by atoms with Gasteiger partial charge in [-0.2, -0.15) is 0 Å². The molecule has 25 heavy (non-hydrogen) atoms. The van der Waals surface area contributed by atoms with Crippen LogP contribution in [0, 0.1) is 40.4 Å². The standard InChI is InChI=1S/C24H41I/c1-8-9-20-22(19-10-11-21(25-7)18(19)4)17(3)15-23(5)14-16(2)12-13-24(20,23)6/h16,18-20,22H,3,8-15H2,1-2,4-7H3/t16-,18+,19?,20?,22?,23+,24+/m0/s1. The summed E-state index contributed by atoms with van der Waals surface area (Å²) in [5.41, 5.74) is 2.66. The van der Waals surface area contributed by atoms with Crippen LogP contribution in [-0.2, 0) is 0 Å². The third kappa shape index (κ3) is 3.23. The number of hydrogen-bond donors (Lipinski definition) is 0. The first-order chi connectivity index (χ1) is 11.8. The fourth-order valence-electron chi connectivity index (χ4n) is 7.34. The molecule has 0 saturated heterocycles. The molecule has 0 nitrogen and oxygen atoms in total. The molecule has 3 fully saturated rings. The average Bonchev–Trinajstić information content (AvgIpc) is 2.90. The van der Waals surface area contributed by atoms with Crippen LogP contribution in [0.1, 0.15) is 86.0 Å². The van der Waals surface area contributed by atoms with Crippen LogP contribution in [0.3, 0.4) is 0 Å². The summed E-state index contributed by atoms with van der Waals surface area (Å²) < 4.78 is 1.95. The maximum absolute atomic E-state index is 4.75. The quantitative estimate of drug-likeness (QED) is 0.233. The fraction of sp³-hybridized carbons (Fsp3) is 0.875. The van der Waals surface area contributed by atoms with E-state index in [0.717, 1.165) is 29.6 Å². The van der Waals surface area contributed by atoms with Crippen molar-refractivity contribution in [3.8, 4) is 0 Å². The van der Waals surface area contributed by atoms with E-state index in [2.05, 4.69) is 39.5 Å². The van der Waals surface area contributed by atoms with E-state index in [-0.39, 0.29) is 0 Å². The number of allylic oxidation sites excluding steroid dienone is 1. The van der Waals surface area contributed by atoms with Crippen LogP contribution in [-0.4, -0.2) is 8.44 Å². The number of rotatable bonds is 3. The third-order valence-corrected chi connectivity index (χ3v) is 11.7. The first kappa shape index (κ1) is 20.1. The van der Waals surface area contributed by atoms with Crippen molar-refractivity contribution in [2.24, 2.45) is 40.4 Å². The second kappa shape index (κ2) is 7.40. The Bertz CT molecular complexity index is 546. The van der Waals surface area contributed by atoms with Gasteiger partial charge in [0.15, 0.2) is 0 Å². The molecule has 7 atom stereocenters. The third-order valence-electron chi connectivity index (χ3n) is 8.83. The topological polar surface area (TPSA) is 0 Å². The van der Waals surface area contributed by atoms with E-state index in [1.807, 2.05) is 3.51 Å². The Morgan fingerprint density at radius 2 is 1.92 bits per heavy atom. The second-order valence-electron chi connectivity index (χ2n) is 10.2. The Labute approximate surface area is 167 Å². The highest BCUT2D eigenvalue weighted by atomic mass is 127. The minimum absolute atomic E-state index is 0.318. The molecule has 0 bridgehead atoms. The monoisotopic (exact) mass is 456 g/mol. The van der Waals surface area contributed by atoms with Gasteiger partial charge in [-0.25, -0.2) is 0 Å². The molecule has 3 rings (SSSR count). The van der Waals surface area contributed by atoms with Crippen molar-refractivity contribution in [2.75, 3.05) is 4.93 Å². The lowest BCUT2D eigenvalue weighted by molar-refractivity contribution is -0.106. The van der Waals surface area contributed by atoms with Crippen molar-refractivity contribution in [3.63, 3.8) is 0 Å². The van der Waals surface area contributed by atoms with Crippen molar-refractivity contribution < 1.29 is 0 Å². The summed E-state index contributed by atoms with van der Waals surface area (Å²) in [6, 6.07) is 0. The van der Waals surface area contributed by atoms with Gasteiger partial charge in [0.1, 0.15) is 0 Å². The van der Waals surface area contributed by atoms with Crippen LogP contribution in [0.4, 0.5) is 0 Å². The lowest BCUT2D eigenvalue weighted by atomic mass is 9.42. The Balaban J connectivity index is 1.98. The normalized spacial score (nSPS) is 49.8. The molecule has 0 spiro atoms. The molecule has 0 aromatic carbocycles. The zero-order chi connectivity index (χ0) is 18.4. The van der Waals surface area contributed by atoms with Crippen LogP contribution >= 0.6 is 20.7 Å². The molecule has 144 valence electrons. The van der Waals surface area contributed by atoms with E-state index < -0.39 is 0 Å². The molecular weight excluding hydrogens is 415 g/mol. The minimum Gasteiger partial charge on any atom is -0.127 e. The zero-order valence-electron chi connectivity index (χ0n) is 17.6. The Hall–Kier alpha value is 0.340. The average molecular weight is 456 g/mol. The second-order valence-corrected chi connectivity index (χ2v) is 12.7. The van der Waals surface area contributed by atoms with Gasteiger partial charge in [-0.1, -0.05) is 59.6 Å². The minimum atomic E-state index is 0.318. The van der Waals surface area contributed by atoms with Crippen LogP contribution < -0.4 is 0 Å². The van der Waals surface area contributed by atoms with Crippen molar-refractivity contribution in [1.82, 2.24) is 0 Å². The first-order valence-electron chi connectivity index (χ1n) is 10.8. The summed E-state index contributed by atoms with van der Waals surface area (Å²) in [4.78, 5) is 2.48. The predicted molar refractivity (Wildman–Crippen MR) is 122 cm³/mol. The summed E-state index contributed by atoms with van der Waals surface area (Å²) in [5, 5.41) is 0. The number of hydrogen-bond acceptors (Lipinski definition) is 0. The van der Waals surface area contributed by atoms with E-state index in [0.29, 0.717) is 31.6 Å². The largest absolute Gasteiger partial charge is 0.127 e. The smallest absolute Gasteiger partial charge is 0.0138 e. The molecule has 3 aliphatic carbocycles. The SMILES string of the molecule is C=C1C[C@@]2(C)C[C@@H](C)CC[C@]2(C)C(CCC)C1C1CCC(=IC)[C@@H]1C. The maximum Gasteiger partial charge on any atom is -0.0138 e. The zero-order valence-corrected chi connectivity index (χ0v) is 19.8. The van der Waals surface area contributed by atoms with Gasteiger partial charge >= 0.3 is 0 Å². The van der Waals surface area contributed by atoms with Gasteiger partial charge in [-0.05, 0) is 87.4 Å². The number of halogens is 1. The molecule has 0 heterocycles. The summed E-state index contributed by atoms with van der Waals surface area (Å²) in [6.45, 7) is 17.5. The number of fused-ring (bicyclic) bond motifs is 1. The highest BCUT2D eigenvalue weighted by molar-refractivity contribution is 14.2.